The van der Waals surface area contributed by atoms with Gasteiger partial charge in [0.05, 0.1) is 7.11 Å². The molecule has 1 aliphatic heterocycles. The van der Waals surface area contributed by atoms with E-state index in [1.807, 2.05) is 0 Å². The first-order valence-corrected chi connectivity index (χ1v) is 9.89. The molecule has 4 N–H and O–H groups in total. The van der Waals surface area contributed by atoms with Gasteiger partial charge in [-0.15, -0.1) is 11.3 Å². The number of ether oxygens (including phenoxy) is 1. The first kappa shape index (κ1) is 21.5. The average molecular weight is 435 g/mol. The van der Waals surface area contributed by atoms with Gasteiger partial charge in [-0.1, -0.05) is 5.16 Å². The van der Waals surface area contributed by atoms with E-state index in [1.165, 1.54) is 5.38 Å². The van der Waals surface area contributed by atoms with Crippen LogP contribution in [0.2, 0.25) is 0 Å². The molecular formula is C13H17N5O8S2. The molecule has 0 bridgehead atoms. The summed E-state index contributed by atoms with van der Waals surface area (Å²) in [6.07, 6.45) is -0.387. The fourth-order valence-electron chi connectivity index (χ4n) is 2.18. The molecule has 28 heavy (non-hydrogen) atoms. The smallest absolute Gasteiger partial charge is 0.363 e. The number of hydrogen-bond donors (Lipinski definition) is 3. The molecule has 1 saturated heterocycles. The van der Waals surface area contributed by atoms with Gasteiger partial charge in [0.15, 0.2) is 16.9 Å². The zero-order valence-corrected chi connectivity index (χ0v) is 16.5. The predicted molar refractivity (Wildman–Crippen MR) is 95.4 cm³/mol. The van der Waals surface area contributed by atoms with Crippen LogP contribution in [0.4, 0.5) is 5.13 Å². The van der Waals surface area contributed by atoms with E-state index in [2.05, 4.69) is 20.2 Å². The van der Waals surface area contributed by atoms with Gasteiger partial charge in [-0.3, -0.25) is 14.1 Å². The Morgan fingerprint density at radius 3 is 2.57 bits per heavy atom. The molecule has 2 rings (SSSR count). The van der Waals surface area contributed by atoms with Crippen LogP contribution in [0.15, 0.2) is 10.5 Å². The van der Waals surface area contributed by atoms with Crippen molar-refractivity contribution < 1.29 is 36.9 Å². The number of nitrogens with two attached hydrogens (primary N) is 1. The highest BCUT2D eigenvalue weighted by Crippen LogP contribution is 2.25. The number of esters is 1. The van der Waals surface area contributed by atoms with Crippen molar-refractivity contribution in [2.24, 2.45) is 5.16 Å². The van der Waals surface area contributed by atoms with Crippen molar-refractivity contribution in [2.45, 2.75) is 32.0 Å². The molecule has 0 aliphatic carbocycles. The van der Waals surface area contributed by atoms with E-state index in [9.17, 15) is 22.8 Å². The van der Waals surface area contributed by atoms with Gasteiger partial charge < -0.3 is 20.6 Å². The summed E-state index contributed by atoms with van der Waals surface area (Å²) in [7, 11) is -4.08. The van der Waals surface area contributed by atoms with Crippen LogP contribution in [0.3, 0.4) is 0 Å². The molecule has 0 spiro atoms. The molecule has 15 heteroatoms. The van der Waals surface area contributed by atoms with Crippen LogP contribution in [-0.2, 0) is 34.3 Å². The Kier molecular flexibility index (Phi) is 6.20. The number of anilines is 1. The van der Waals surface area contributed by atoms with Crippen LogP contribution in [0.25, 0.3) is 0 Å². The van der Waals surface area contributed by atoms with E-state index in [0.29, 0.717) is 0 Å². The van der Waals surface area contributed by atoms with Gasteiger partial charge in [-0.2, -0.15) is 12.7 Å². The lowest BCUT2D eigenvalue weighted by atomic mass is 9.98. The summed E-state index contributed by atoms with van der Waals surface area (Å²) >= 11 is 1.03. The van der Waals surface area contributed by atoms with Crippen molar-refractivity contribution in [1.82, 2.24) is 14.6 Å². The topological polar surface area (TPSA) is 191 Å². The lowest BCUT2D eigenvalue weighted by Crippen LogP contribution is -2.74. The van der Waals surface area contributed by atoms with Crippen molar-refractivity contribution in [3.8, 4) is 0 Å². The van der Waals surface area contributed by atoms with E-state index in [0.717, 1.165) is 18.4 Å². The van der Waals surface area contributed by atoms with Gasteiger partial charge in [-0.25, -0.2) is 9.78 Å². The van der Waals surface area contributed by atoms with Crippen molar-refractivity contribution in [3.63, 3.8) is 0 Å². The Bertz CT molecular complexity index is 925. The fourth-order valence-corrected chi connectivity index (χ4v) is 3.57. The van der Waals surface area contributed by atoms with Gasteiger partial charge in [0.25, 0.3) is 11.8 Å². The number of oxime groups is 1. The molecule has 0 unspecified atom stereocenters. The maximum atomic E-state index is 12.6. The zero-order valence-electron chi connectivity index (χ0n) is 14.8. The van der Waals surface area contributed by atoms with E-state index < -0.39 is 40.2 Å². The van der Waals surface area contributed by atoms with Crippen LogP contribution in [0, 0.1) is 0 Å². The molecule has 1 aromatic heterocycles. The minimum Gasteiger partial charge on any atom is -0.467 e. The normalized spacial score (nSPS) is 20.0. The second-order valence-electron chi connectivity index (χ2n) is 5.70. The number of carbonyl (C=O) groups is 3. The van der Waals surface area contributed by atoms with Crippen molar-refractivity contribution in [1.29, 1.82) is 0 Å². The molecule has 2 atom stereocenters. The number of nitrogens with zero attached hydrogens (tertiary/aromatic N) is 3. The van der Waals surface area contributed by atoms with Gasteiger partial charge in [-0.05, 0) is 13.8 Å². The quantitative estimate of drug-likeness (QED) is 0.150. The largest absolute Gasteiger partial charge is 0.467 e. The molecule has 154 valence electrons. The number of amides is 2. The fraction of sp³-hybridized carbons (Fsp3) is 0.462. The Morgan fingerprint density at radius 2 is 2.11 bits per heavy atom. The minimum atomic E-state index is -5.03. The van der Waals surface area contributed by atoms with Gasteiger partial charge in [0.1, 0.15) is 17.8 Å². The van der Waals surface area contributed by atoms with Crippen LogP contribution in [0.5, 0.6) is 0 Å². The molecule has 0 aromatic carbocycles. The number of nitrogens with one attached hydrogen (secondary N) is 1. The van der Waals surface area contributed by atoms with E-state index >= 15 is 0 Å². The van der Waals surface area contributed by atoms with Crippen molar-refractivity contribution in [2.75, 3.05) is 12.8 Å². The third-order valence-electron chi connectivity index (χ3n) is 3.36. The Hall–Kier alpha value is -2.78. The monoisotopic (exact) mass is 435 g/mol. The van der Waals surface area contributed by atoms with E-state index in [4.69, 9.17) is 15.1 Å². The molecule has 1 fully saturated rings. The average Bonchev–Trinajstić information content (AvgIpc) is 3.01. The molecule has 2 amide bonds. The van der Waals surface area contributed by atoms with Crippen molar-refractivity contribution in [3.05, 3.63) is 11.1 Å². The predicted octanol–water partition coefficient (Wildman–Crippen LogP) is -1.47. The maximum absolute atomic E-state index is 12.6. The van der Waals surface area contributed by atoms with Crippen LogP contribution in [0.1, 0.15) is 19.5 Å². The van der Waals surface area contributed by atoms with E-state index in [-0.39, 0.29) is 26.9 Å². The first-order valence-electron chi connectivity index (χ1n) is 7.62. The zero-order chi connectivity index (χ0) is 21.2. The maximum Gasteiger partial charge on any atom is 0.363 e. The summed E-state index contributed by atoms with van der Waals surface area (Å²) in [5.41, 5.74) is 5.25. The highest BCUT2D eigenvalue weighted by atomic mass is 32.2. The molecule has 13 nitrogen and oxygen atoms in total. The molecule has 0 saturated carbocycles. The minimum absolute atomic E-state index is 0.0497. The van der Waals surface area contributed by atoms with E-state index in [1.54, 1.807) is 13.8 Å². The first-order chi connectivity index (χ1) is 13.0. The van der Waals surface area contributed by atoms with Crippen LogP contribution >= 0.6 is 11.3 Å². The van der Waals surface area contributed by atoms with Gasteiger partial charge in [0.2, 0.25) is 0 Å². The number of nitrogen functional groups attached to an aromatic ring is 1. The Balaban J connectivity index is 2.30. The number of thiazole rings is 1. The summed E-state index contributed by atoms with van der Waals surface area (Å²) in [5.74, 6) is -3.36. The van der Waals surface area contributed by atoms with Gasteiger partial charge in [0, 0.05) is 5.38 Å². The van der Waals surface area contributed by atoms with Crippen LogP contribution in [-0.4, -0.2) is 71.1 Å². The Labute approximate surface area is 163 Å². The van der Waals surface area contributed by atoms with Crippen LogP contribution < -0.4 is 11.1 Å². The number of carbonyl (C=O) groups excluding carboxylic acids is 3. The number of methoxy groups -OCH3 is 1. The third kappa shape index (κ3) is 4.37. The highest BCUT2D eigenvalue weighted by molar-refractivity contribution is 7.84. The molecule has 1 aliphatic rings. The summed E-state index contributed by atoms with van der Waals surface area (Å²) < 4.78 is 36.0. The summed E-state index contributed by atoms with van der Waals surface area (Å²) in [5, 5.41) is 7.42. The molecule has 1 aromatic rings. The number of β-lactam (4-membered cyclic amide) rings is 1. The molecule has 2 heterocycles. The van der Waals surface area contributed by atoms with Gasteiger partial charge >= 0.3 is 16.3 Å². The summed E-state index contributed by atoms with van der Waals surface area (Å²) in [4.78, 5) is 45.4. The number of hydrogen-bond acceptors (Lipinski definition) is 11. The second kappa shape index (κ2) is 8.07. The second-order valence-corrected chi connectivity index (χ2v) is 7.87. The standard InChI is InChI=1S/C13H17N5O8S2/c1-5(2)26-17-7(6-4-27-13(14)15-6)10(19)16-8-9(12(21)25-3)18(11(8)20)28(22,23)24/h4-5,8-9H,1-3H3,(H2,14,15)(H,16,19)(H,22,23,24)/b17-7+/t8-,9-/m1/s1. The lowest BCUT2D eigenvalue weighted by Gasteiger charge is -2.41. The lowest BCUT2D eigenvalue weighted by molar-refractivity contribution is -0.162. The van der Waals surface area contributed by atoms with Crippen molar-refractivity contribution >= 4 is 50.3 Å². The number of aromatic nitrogens is 1. The highest BCUT2D eigenvalue weighted by Gasteiger charge is 2.58. The molecular weight excluding hydrogens is 418 g/mol. The molecule has 0 radical (unpaired) electrons. The summed E-state index contributed by atoms with van der Waals surface area (Å²) in [6.45, 7) is 3.31. The Morgan fingerprint density at radius 1 is 1.46 bits per heavy atom. The third-order valence-corrected chi connectivity index (χ3v) is 4.94. The SMILES string of the molecule is COC(=O)[C@H]1[C@@H](NC(=O)/C(=N/OC(C)C)c2csc(N)n2)C(=O)N1S(=O)(=O)O. The summed E-state index contributed by atoms with van der Waals surface area (Å²) in [6, 6.07) is -3.38. The number of rotatable bonds is 7.